The molecule has 8 heteroatoms. The molecule has 0 amide bonds. The standard InChI is InChI=1S/C22H16ClNO5S/c1-2-28-22(25)16-5-3-15(4-6-16)21-12-9-18(29-21)13-20(14-24)30(26,27)19-10-7-17(23)8-11-19/h3-13H,2H2,1H3/b20-13+. The highest BCUT2D eigenvalue weighted by atomic mass is 35.5. The maximum absolute atomic E-state index is 12.7. The number of halogens is 1. The largest absolute Gasteiger partial charge is 0.462 e. The van der Waals surface area contributed by atoms with Gasteiger partial charge in [-0.15, -0.1) is 0 Å². The molecule has 152 valence electrons. The van der Waals surface area contributed by atoms with E-state index in [-0.39, 0.29) is 17.3 Å². The molecule has 2 aromatic carbocycles. The summed E-state index contributed by atoms with van der Waals surface area (Å²) < 4.78 is 36.0. The van der Waals surface area contributed by atoms with Crippen LogP contribution in [0, 0.1) is 11.3 Å². The van der Waals surface area contributed by atoms with Gasteiger partial charge in [0.05, 0.1) is 17.1 Å². The summed E-state index contributed by atoms with van der Waals surface area (Å²) in [6.45, 7) is 2.02. The maximum atomic E-state index is 12.7. The Morgan fingerprint density at radius 1 is 1.10 bits per heavy atom. The molecule has 1 aromatic heterocycles. The van der Waals surface area contributed by atoms with Gasteiger partial charge >= 0.3 is 5.97 Å². The van der Waals surface area contributed by atoms with E-state index in [0.717, 1.165) is 0 Å². The van der Waals surface area contributed by atoms with Crippen LogP contribution in [0.3, 0.4) is 0 Å². The lowest BCUT2D eigenvalue weighted by molar-refractivity contribution is 0.0526. The highest BCUT2D eigenvalue weighted by molar-refractivity contribution is 7.95. The van der Waals surface area contributed by atoms with Crippen molar-refractivity contribution in [2.75, 3.05) is 6.61 Å². The molecule has 0 saturated carbocycles. The van der Waals surface area contributed by atoms with E-state index in [1.54, 1.807) is 49.4 Å². The van der Waals surface area contributed by atoms with Crippen molar-refractivity contribution in [1.82, 2.24) is 0 Å². The lowest BCUT2D eigenvalue weighted by atomic mass is 10.1. The number of nitrogens with zero attached hydrogens (tertiary/aromatic N) is 1. The second-order valence-electron chi connectivity index (χ2n) is 6.08. The van der Waals surface area contributed by atoms with Crippen molar-refractivity contribution in [3.63, 3.8) is 0 Å². The molecule has 0 fully saturated rings. The van der Waals surface area contributed by atoms with Gasteiger partial charge in [0, 0.05) is 16.7 Å². The number of furan rings is 1. The predicted octanol–water partition coefficient (Wildman–Crippen LogP) is 5.12. The Balaban J connectivity index is 1.87. The first-order valence-corrected chi connectivity index (χ1v) is 10.7. The highest BCUT2D eigenvalue weighted by Crippen LogP contribution is 2.27. The van der Waals surface area contributed by atoms with Crippen LogP contribution >= 0.6 is 11.6 Å². The van der Waals surface area contributed by atoms with Crippen LogP contribution in [-0.4, -0.2) is 21.0 Å². The van der Waals surface area contributed by atoms with E-state index in [2.05, 4.69) is 0 Å². The van der Waals surface area contributed by atoms with E-state index >= 15 is 0 Å². The van der Waals surface area contributed by atoms with Crippen LogP contribution in [0.1, 0.15) is 23.0 Å². The Labute approximate surface area is 178 Å². The maximum Gasteiger partial charge on any atom is 0.338 e. The fourth-order valence-corrected chi connectivity index (χ4v) is 3.88. The first-order valence-electron chi connectivity index (χ1n) is 8.85. The quantitative estimate of drug-likeness (QED) is 0.389. The van der Waals surface area contributed by atoms with Crippen LogP contribution in [0.15, 0.2) is 74.9 Å². The van der Waals surface area contributed by atoms with E-state index < -0.39 is 20.7 Å². The minimum atomic E-state index is -4.01. The molecule has 0 saturated heterocycles. The van der Waals surface area contributed by atoms with Gasteiger partial charge in [-0.25, -0.2) is 13.2 Å². The van der Waals surface area contributed by atoms with Crippen LogP contribution in [0.5, 0.6) is 0 Å². The predicted molar refractivity (Wildman–Crippen MR) is 112 cm³/mol. The zero-order valence-electron chi connectivity index (χ0n) is 15.8. The third-order valence-electron chi connectivity index (χ3n) is 4.10. The Morgan fingerprint density at radius 3 is 2.37 bits per heavy atom. The van der Waals surface area contributed by atoms with Gasteiger partial charge in [-0.05, 0) is 55.5 Å². The molecular weight excluding hydrogens is 426 g/mol. The molecule has 3 aromatic rings. The fourth-order valence-electron chi connectivity index (χ4n) is 2.61. The fraction of sp³-hybridized carbons (Fsp3) is 0.0909. The number of hydrogen-bond donors (Lipinski definition) is 0. The molecule has 0 bridgehead atoms. The topological polar surface area (TPSA) is 97.4 Å². The van der Waals surface area contributed by atoms with Crippen molar-refractivity contribution in [3.8, 4) is 17.4 Å². The van der Waals surface area contributed by atoms with Gasteiger partial charge in [0.25, 0.3) is 0 Å². The number of ether oxygens (including phenoxy) is 1. The number of esters is 1. The van der Waals surface area contributed by atoms with Crippen LogP contribution in [0.2, 0.25) is 5.02 Å². The Kier molecular flexibility index (Phi) is 6.40. The van der Waals surface area contributed by atoms with E-state index in [9.17, 15) is 18.5 Å². The smallest absolute Gasteiger partial charge is 0.338 e. The summed E-state index contributed by atoms with van der Waals surface area (Å²) >= 11 is 5.79. The lowest BCUT2D eigenvalue weighted by Gasteiger charge is -2.03. The zero-order chi connectivity index (χ0) is 21.7. The average molecular weight is 442 g/mol. The second-order valence-corrected chi connectivity index (χ2v) is 8.43. The van der Waals surface area contributed by atoms with Gasteiger partial charge in [0.15, 0.2) is 4.91 Å². The van der Waals surface area contributed by atoms with Gasteiger partial charge in [-0.2, -0.15) is 5.26 Å². The summed E-state index contributed by atoms with van der Waals surface area (Å²) in [6, 6.07) is 17.1. The van der Waals surface area contributed by atoms with Crippen molar-refractivity contribution < 1.29 is 22.4 Å². The Morgan fingerprint density at radius 2 is 1.77 bits per heavy atom. The van der Waals surface area contributed by atoms with Crippen LogP contribution in [0.4, 0.5) is 0 Å². The molecular formula is C22H16ClNO5S. The third kappa shape index (κ3) is 4.62. The van der Waals surface area contributed by atoms with Crippen molar-refractivity contribution in [1.29, 1.82) is 5.26 Å². The molecule has 0 aliphatic carbocycles. The van der Waals surface area contributed by atoms with Gasteiger partial charge in [-0.3, -0.25) is 0 Å². The number of benzene rings is 2. The number of carbonyl (C=O) groups excluding carboxylic acids is 1. The van der Waals surface area contributed by atoms with Gasteiger partial charge < -0.3 is 9.15 Å². The summed E-state index contributed by atoms with van der Waals surface area (Å²) in [7, 11) is -4.01. The van der Waals surface area contributed by atoms with Crippen LogP contribution < -0.4 is 0 Å². The first-order chi connectivity index (χ1) is 14.3. The number of carbonyl (C=O) groups is 1. The minimum absolute atomic E-state index is 0.0407. The van der Waals surface area contributed by atoms with Crippen LogP contribution in [-0.2, 0) is 14.6 Å². The normalized spacial score (nSPS) is 11.7. The molecule has 0 aliphatic rings. The summed E-state index contributed by atoms with van der Waals surface area (Å²) in [6.07, 6.45) is 1.17. The average Bonchev–Trinajstić information content (AvgIpc) is 3.21. The Bertz CT molecular complexity index is 1230. The molecule has 0 unspecified atom stereocenters. The molecule has 3 rings (SSSR count). The van der Waals surface area contributed by atoms with E-state index in [4.69, 9.17) is 20.8 Å². The van der Waals surface area contributed by atoms with E-state index in [1.807, 2.05) is 0 Å². The lowest BCUT2D eigenvalue weighted by Crippen LogP contribution is -2.03. The van der Waals surface area contributed by atoms with E-state index in [1.165, 1.54) is 30.3 Å². The third-order valence-corrected chi connectivity index (χ3v) is 6.04. The molecule has 6 nitrogen and oxygen atoms in total. The Hall–Kier alpha value is -3.34. The summed E-state index contributed by atoms with van der Waals surface area (Å²) in [4.78, 5) is 11.2. The summed E-state index contributed by atoms with van der Waals surface area (Å²) in [5.74, 6) is 0.240. The summed E-state index contributed by atoms with van der Waals surface area (Å²) in [5.41, 5.74) is 1.09. The number of allylic oxidation sites excluding steroid dienone is 1. The number of hydrogen-bond acceptors (Lipinski definition) is 6. The van der Waals surface area contributed by atoms with Crippen molar-refractivity contribution in [3.05, 3.63) is 81.9 Å². The molecule has 0 spiro atoms. The van der Waals surface area contributed by atoms with Crippen LogP contribution in [0.25, 0.3) is 17.4 Å². The van der Waals surface area contributed by atoms with Gasteiger partial charge in [-0.1, -0.05) is 23.7 Å². The summed E-state index contributed by atoms with van der Waals surface area (Å²) in [5, 5.41) is 9.77. The second kappa shape index (κ2) is 8.99. The molecule has 30 heavy (non-hydrogen) atoms. The monoisotopic (exact) mass is 441 g/mol. The molecule has 0 atom stereocenters. The number of sulfone groups is 1. The van der Waals surface area contributed by atoms with E-state index in [0.29, 0.717) is 21.9 Å². The molecule has 0 aliphatic heterocycles. The molecule has 0 N–H and O–H groups in total. The minimum Gasteiger partial charge on any atom is -0.462 e. The first kappa shape index (κ1) is 21.4. The molecule has 0 radical (unpaired) electrons. The number of nitriles is 1. The highest BCUT2D eigenvalue weighted by Gasteiger charge is 2.21. The van der Waals surface area contributed by atoms with Gasteiger partial charge in [0.2, 0.25) is 9.84 Å². The van der Waals surface area contributed by atoms with Gasteiger partial charge in [0.1, 0.15) is 17.6 Å². The zero-order valence-corrected chi connectivity index (χ0v) is 17.4. The van der Waals surface area contributed by atoms with Crippen molar-refractivity contribution in [2.45, 2.75) is 11.8 Å². The number of rotatable bonds is 6. The molecule has 1 heterocycles. The SMILES string of the molecule is CCOC(=O)c1ccc(-c2ccc(/C=C(\C#N)S(=O)(=O)c3ccc(Cl)cc3)o2)cc1. The van der Waals surface area contributed by atoms with Crippen molar-refractivity contribution >= 4 is 33.5 Å². The van der Waals surface area contributed by atoms with Crippen molar-refractivity contribution in [2.24, 2.45) is 0 Å².